The molecule has 186 valence electrons. The maximum absolute atomic E-state index is 9.02. The van der Waals surface area contributed by atoms with E-state index in [1.54, 1.807) is 24.3 Å². The first-order valence-electron chi connectivity index (χ1n) is 12.0. The van der Waals surface area contributed by atoms with Gasteiger partial charge in [0.05, 0.1) is 25.4 Å². The number of ether oxygens (including phenoxy) is 3. The lowest BCUT2D eigenvalue weighted by Crippen LogP contribution is -2.29. The van der Waals surface area contributed by atoms with Gasteiger partial charge in [-0.15, -0.1) is 0 Å². The third-order valence-electron chi connectivity index (χ3n) is 5.97. The molecule has 0 spiro atoms. The molecule has 0 bridgehead atoms. The molecule has 2 aromatic carbocycles. The summed E-state index contributed by atoms with van der Waals surface area (Å²) in [5.41, 5.74) is 2.96. The number of nitrogens with zero attached hydrogens (tertiary/aromatic N) is 1. The molecule has 1 heterocycles. The van der Waals surface area contributed by atoms with Crippen LogP contribution >= 0.6 is 0 Å². The van der Waals surface area contributed by atoms with E-state index in [0.29, 0.717) is 31.5 Å². The van der Waals surface area contributed by atoms with Crippen LogP contribution in [0.1, 0.15) is 42.7 Å². The number of hydrogen-bond donors (Lipinski definition) is 2. The summed E-state index contributed by atoms with van der Waals surface area (Å²) in [7, 11) is -1.90. The highest BCUT2D eigenvalue weighted by atomic mass is 16.6. The fraction of sp³-hybridized carbons (Fsp3) is 0.423. The molecule has 0 unspecified atom stereocenters. The number of benzene rings is 2. The Labute approximate surface area is 206 Å². The molecule has 0 amide bonds. The molecule has 9 heteroatoms. The van der Waals surface area contributed by atoms with Gasteiger partial charge in [-0.1, -0.05) is 29.8 Å². The Balaban J connectivity index is 1.22. The minimum absolute atomic E-state index is 0.101. The summed E-state index contributed by atoms with van der Waals surface area (Å²) >= 11 is 0. The summed E-state index contributed by atoms with van der Waals surface area (Å²) in [6.07, 6.45) is 4.03. The van der Waals surface area contributed by atoms with Crippen LogP contribution in [0, 0.1) is 13.8 Å². The largest absolute Gasteiger partial charge is 0.707 e. The molecular weight excluding hydrogens is 449 g/mol. The minimum Gasteiger partial charge on any atom is -0.509 e. The van der Waals surface area contributed by atoms with Crippen molar-refractivity contribution in [3.63, 3.8) is 0 Å². The molecule has 2 atom stereocenters. The van der Waals surface area contributed by atoms with Crippen LogP contribution in [-0.4, -0.2) is 47.8 Å². The van der Waals surface area contributed by atoms with Gasteiger partial charge >= 0.3 is 7.32 Å². The predicted octanol–water partition coefficient (Wildman–Crippen LogP) is 4.23. The van der Waals surface area contributed by atoms with Crippen molar-refractivity contribution in [1.29, 1.82) is 0 Å². The number of rotatable bonds is 11. The number of aryl methyl sites for hydroxylation is 2. The highest BCUT2D eigenvalue weighted by molar-refractivity contribution is 6.33. The molecule has 8 nitrogen and oxygen atoms in total. The molecule has 4 rings (SSSR count). The Hall–Kier alpha value is -2.85. The second-order valence-corrected chi connectivity index (χ2v) is 8.72. The van der Waals surface area contributed by atoms with Crippen LogP contribution in [0.3, 0.4) is 0 Å². The number of aromatic nitrogens is 1. The second-order valence-electron chi connectivity index (χ2n) is 8.72. The van der Waals surface area contributed by atoms with Crippen molar-refractivity contribution in [2.75, 3.05) is 13.2 Å². The lowest BCUT2D eigenvalue weighted by Gasteiger charge is -2.29. The van der Waals surface area contributed by atoms with E-state index in [4.69, 9.17) is 33.3 Å². The van der Waals surface area contributed by atoms with Crippen molar-refractivity contribution < 1.29 is 33.3 Å². The van der Waals surface area contributed by atoms with E-state index in [1.807, 2.05) is 32.0 Å². The summed E-state index contributed by atoms with van der Waals surface area (Å²) in [5, 5.41) is 18.0. The SMILES string of the molecule is Cc1cccc(-c2nc(CO[C@H]3CCC[C@@H](OCCOc4ccccc4OB(O)O)C3)c(C)o2)c1. The molecule has 1 aromatic heterocycles. The van der Waals surface area contributed by atoms with E-state index in [1.165, 1.54) is 0 Å². The van der Waals surface area contributed by atoms with Crippen LogP contribution in [-0.2, 0) is 16.1 Å². The molecule has 1 saturated carbocycles. The van der Waals surface area contributed by atoms with Crippen molar-refractivity contribution in [3.8, 4) is 23.0 Å². The molecule has 0 saturated heterocycles. The van der Waals surface area contributed by atoms with Gasteiger partial charge in [-0.25, -0.2) is 4.98 Å². The van der Waals surface area contributed by atoms with Crippen LogP contribution in [0.4, 0.5) is 0 Å². The van der Waals surface area contributed by atoms with Crippen LogP contribution in [0.5, 0.6) is 11.5 Å². The predicted molar refractivity (Wildman–Crippen MR) is 131 cm³/mol. The zero-order chi connectivity index (χ0) is 24.6. The summed E-state index contributed by atoms with van der Waals surface area (Å²) < 4.78 is 28.7. The van der Waals surface area contributed by atoms with Gasteiger partial charge in [0.2, 0.25) is 5.89 Å². The smallest absolute Gasteiger partial charge is 0.509 e. The molecule has 35 heavy (non-hydrogen) atoms. The Morgan fingerprint density at radius 2 is 1.74 bits per heavy atom. The normalized spacial score (nSPS) is 17.8. The van der Waals surface area contributed by atoms with Crippen LogP contribution in [0.2, 0.25) is 0 Å². The molecule has 1 fully saturated rings. The van der Waals surface area contributed by atoms with Gasteiger partial charge in [0, 0.05) is 5.56 Å². The molecule has 1 aliphatic rings. The average Bonchev–Trinajstić information content (AvgIpc) is 3.22. The highest BCUT2D eigenvalue weighted by Crippen LogP contribution is 2.28. The monoisotopic (exact) mass is 481 g/mol. The van der Waals surface area contributed by atoms with Gasteiger partial charge in [-0.2, -0.15) is 0 Å². The van der Waals surface area contributed by atoms with Crippen LogP contribution < -0.4 is 9.39 Å². The Morgan fingerprint density at radius 3 is 2.51 bits per heavy atom. The van der Waals surface area contributed by atoms with E-state index in [0.717, 1.165) is 48.3 Å². The first-order chi connectivity index (χ1) is 17.0. The molecule has 0 aliphatic heterocycles. The highest BCUT2D eigenvalue weighted by Gasteiger charge is 2.24. The first kappa shape index (κ1) is 25.3. The fourth-order valence-corrected chi connectivity index (χ4v) is 4.21. The van der Waals surface area contributed by atoms with Gasteiger partial charge < -0.3 is 33.3 Å². The van der Waals surface area contributed by atoms with Gasteiger partial charge in [0.25, 0.3) is 0 Å². The van der Waals surface area contributed by atoms with E-state index in [-0.39, 0.29) is 18.0 Å². The average molecular weight is 481 g/mol. The third-order valence-corrected chi connectivity index (χ3v) is 5.97. The summed E-state index contributed by atoms with van der Waals surface area (Å²) in [6, 6.07) is 14.9. The maximum Gasteiger partial charge on any atom is 0.707 e. The van der Waals surface area contributed by atoms with Crippen LogP contribution in [0.25, 0.3) is 11.5 Å². The summed E-state index contributed by atoms with van der Waals surface area (Å²) in [6.45, 7) is 5.11. The first-order valence-corrected chi connectivity index (χ1v) is 12.0. The Kier molecular flexibility index (Phi) is 8.82. The minimum atomic E-state index is -1.90. The van der Waals surface area contributed by atoms with Crippen molar-refractivity contribution in [3.05, 3.63) is 65.5 Å². The van der Waals surface area contributed by atoms with Crippen molar-refractivity contribution in [1.82, 2.24) is 4.98 Å². The topological polar surface area (TPSA) is 103 Å². The number of oxazole rings is 1. The lowest BCUT2D eigenvalue weighted by molar-refractivity contribution is -0.0556. The van der Waals surface area contributed by atoms with Crippen molar-refractivity contribution in [2.24, 2.45) is 0 Å². The van der Waals surface area contributed by atoms with Gasteiger partial charge in [-0.3, -0.25) is 0 Å². The van der Waals surface area contributed by atoms with Gasteiger partial charge in [0.1, 0.15) is 23.8 Å². The molecule has 3 aromatic rings. The lowest BCUT2D eigenvalue weighted by atomic mass is 9.95. The zero-order valence-corrected chi connectivity index (χ0v) is 20.2. The molecule has 1 aliphatic carbocycles. The summed E-state index contributed by atoms with van der Waals surface area (Å²) in [5.74, 6) is 2.10. The van der Waals surface area contributed by atoms with Gasteiger partial charge in [0.15, 0.2) is 5.75 Å². The van der Waals surface area contributed by atoms with Crippen LogP contribution in [0.15, 0.2) is 52.9 Å². The Bertz CT molecular complexity index is 1090. The maximum atomic E-state index is 9.02. The van der Waals surface area contributed by atoms with E-state index < -0.39 is 7.32 Å². The standard InChI is InChI=1S/C26H32BNO7/c1-18-7-5-8-20(15-18)26-28-23(19(2)34-26)17-33-22-10-6-9-21(16-22)31-13-14-32-24-11-3-4-12-25(24)35-27(29)30/h3-5,7-8,11-12,15,21-22,29-30H,6,9-10,13-14,16-17H2,1-2H3/t21-,22+/m1/s1. The third kappa shape index (κ3) is 7.32. The van der Waals surface area contributed by atoms with E-state index in [9.17, 15) is 0 Å². The fourth-order valence-electron chi connectivity index (χ4n) is 4.21. The quantitative estimate of drug-likeness (QED) is 0.310. The van der Waals surface area contributed by atoms with E-state index in [2.05, 4.69) is 11.1 Å². The molecule has 0 radical (unpaired) electrons. The van der Waals surface area contributed by atoms with Crippen molar-refractivity contribution >= 4 is 7.32 Å². The molecule has 2 N–H and O–H groups in total. The van der Waals surface area contributed by atoms with E-state index >= 15 is 0 Å². The summed E-state index contributed by atoms with van der Waals surface area (Å²) in [4.78, 5) is 4.66. The number of hydrogen-bond acceptors (Lipinski definition) is 8. The molecular formula is C26H32BNO7. The van der Waals surface area contributed by atoms with Crippen molar-refractivity contribution in [2.45, 2.75) is 58.3 Å². The number of para-hydroxylation sites is 2. The second kappa shape index (κ2) is 12.2. The Morgan fingerprint density at radius 1 is 0.971 bits per heavy atom. The van der Waals surface area contributed by atoms with Gasteiger partial charge in [-0.05, 0) is 63.8 Å². The zero-order valence-electron chi connectivity index (χ0n) is 20.2.